The van der Waals surface area contributed by atoms with E-state index in [0.717, 1.165) is 6.42 Å². The smallest absolute Gasteiger partial charge is 0.0477 e. The summed E-state index contributed by atoms with van der Waals surface area (Å²) in [5.41, 5.74) is 2.72. The topological polar surface area (TPSA) is 4.93 Å². The van der Waals surface area contributed by atoms with Crippen LogP contribution in [-0.4, -0.2) is 4.57 Å². The van der Waals surface area contributed by atoms with Gasteiger partial charge in [-0.15, -0.1) is 0 Å². The molecule has 0 saturated heterocycles. The lowest BCUT2D eigenvalue weighted by atomic mass is 9.92. The molecule has 0 spiro atoms. The lowest BCUT2D eigenvalue weighted by Crippen LogP contribution is -1.96. The van der Waals surface area contributed by atoms with E-state index in [1.807, 2.05) is 0 Å². The van der Waals surface area contributed by atoms with Crippen LogP contribution in [0.2, 0.25) is 0 Å². The Hall–Kier alpha value is -1.76. The van der Waals surface area contributed by atoms with Crippen LogP contribution in [0.15, 0.2) is 54.8 Å². The molecule has 1 unspecified atom stereocenters. The zero-order valence-electron chi connectivity index (χ0n) is 9.43. The summed E-state index contributed by atoms with van der Waals surface area (Å²) in [6.45, 7) is 0. The first-order chi connectivity index (χ1) is 7.84. The molecular weight excluding hydrogens is 194 g/mol. The fraction of sp³-hybridized carbons (Fsp3) is 0.200. The monoisotopic (exact) mass is 209 g/mol. The van der Waals surface area contributed by atoms with E-state index in [1.54, 1.807) is 0 Å². The minimum atomic E-state index is 0.551. The van der Waals surface area contributed by atoms with Gasteiger partial charge in [-0.2, -0.15) is 0 Å². The Labute approximate surface area is 95.7 Å². The zero-order valence-corrected chi connectivity index (χ0v) is 9.43. The van der Waals surface area contributed by atoms with Crippen LogP contribution in [0.25, 0.3) is 10.9 Å². The molecule has 0 fully saturated rings. The standard InChI is InChI=1S/C15H15N/c1-16-10-9-14-11-13(7-8-15(14)16)12-5-3-2-4-6-12/h2-5,7-12H,6H2,1H3. The van der Waals surface area contributed by atoms with Gasteiger partial charge in [-0.3, -0.25) is 0 Å². The summed E-state index contributed by atoms with van der Waals surface area (Å²) in [5, 5.41) is 1.34. The molecule has 0 N–H and O–H groups in total. The van der Waals surface area contributed by atoms with E-state index in [-0.39, 0.29) is 0 Å². The second kappa shape index (κ2) is 3.67. The first kappa shape index (κ1) is 9.46. The first-order valence-corrected chi connectivity index (χ1v) is 5.73. The summed E-state index contributed by atoms with van der Waals surface area (Å²) in [7, 11) is 2.09. The molecule has 1 aromatic carbocycles. The number of hydrogen-bond acceptors (Lipinski definition) is 0. The molecule has 1 heteroatoms. The number of allylic oxidation sites excluding steroid dienone is 4. The van der Waals surface area contributed by atoms with Crippen LogP contribution in [0.3, 0.4) is 0 Å². The predicted molar refractivity (Wildman–Crippen MR) is 68.6 cm³/mol. The zero-order chi connectivity index (χ0) is 11.0. The number of nitrogens with zero attached hydrogens (tertiary/aromatic N) is 1. The van der Waals surface area contributed by atoms with Gasteiger partial charge >= 0.3 is 0 Å². The molecule has 1 atom stereocenters. The highest BCUT2D eigenvalue weighted by Crippen LogP contribution is 2.27. The van der Waals surface area contributed by atoms with E-state index in [9.17, 15) is 0 Å². The van der Waals surface area contributed by atoms with E-state index in [1.165, 1.54) is 16.5 Å². The van der Waals surface area contributed by atoms with Crippen molar-refractivity contribution in [1.29, 1.82) is 0 Å². The van der Waals surface area contributed by atoms with Gasteiger partial charge in [0.15, 0.2) is 0 Å². The van der Waals surface area contributed by atoms with Gasteiger partial charge in [0.05, 0.1) is 0 Å². The molecule has 0 bridgehead atoms. The van der Waals surface area contributed by atoms with Crippen molar-refractivity contribution in [2.24, 2.45) is 7.05 Å². The molecule has 1 aromatic heterocycles. The van der Waals surface area contributed by atoms with Gasteiger partial charge in [-0.25, -0.2) is 0 Å². The summed E-state index contributed by atoms with van der Waals surface area (Å²) < 4.78 is 2.16. The van der Waals surface area contributed by atoms with Gasteiger partial charge in [0, 0.05) is 24.7 Å². The molecule has 0 radical (unpaired) electrons. The summed E-state index contributed by atoms with van der Waals surface area (Å²) in [4.78, 5) is 0. The Morgan fingerprint density at radius 1 is 1.19 bits per heavy atom. The van der Waals surface area contributed by atoms with Crippen LogP contribution in [0.4, 0.5) is 0 Å². The number of benzene rings is 1. The number of aryl methyl sites for hydroxylation is 1. The number of fused-ring (bicyclic) bond motifs is 1. The minimum absolute atomic E-state index is 0.551. The van der Waals surface area contributed by atoms with E-state index in [2.05, 4.69) is 66.4 Å². The average molecular weight is 209 g/mol. The predicted octanol–water partition coefficient (Wildman–Crippen LogP) is 3.78. The largest absolute Gasteiger partial charge is 0.351 e. The number of rotatable bonds is 1. The van der Waals surface area contributed by atoms with Crippen LogP contribution in [-0.2, 0) is 7.05 Å². The third kappa shape index (κ3) is 1.49. The molecule has 1 heterocycles. The molecule has 16 heavy (non-hydrogen) atoms. The molecule has 0 saturated carbocycles. The minimum Gasteiger partial charge on any atom is -0.351 e. The molecule has 2 aromatic rings. The molecule has 0 amide bonds. The summed E-state index contributed by atoms with van der Waals surface area (Å²) >= 11 is 0. The van der Waals surface area contributed by atoms with Crippen molar-refractivity contribution in [3.8, 4) is 0 Å². The van der Waals surface area contributed by atoms with Crippen molar-refractivity contribution in [3.63, 3.8) is 0 Å². The Morgan fingerprint density at radius 3 is 2.94 bits per heavy atom. The van der Waals surface area contributed by atoms with Crippen LogP contribution in [0.5, 0.6) is 0 Å². The van der Waals surface area contributed by atoms with Crippen molar-refractivity contribution in [2.45, 2.75) is 12.3 Å². The van der Waals surface area contributed by atoms with Crippen LogP contribution in [0, 0.1) is 0 Å². The lowest BCUT2D eigenvalue weighted by Gasteiger charge is -2.13. The molecular formula is C15H15N. The molecule has 80 valence electrons. The van der Waals surface area contributed by atoms with Crippen molar-refractivity contribution in [3.05, 3.63) is 60.3 Å². The highest BCUT2D eigenvalue weighted by atomic mass is 14.9. The fourth-order valence-electron chi connectivity index (χ4n) is 2.36. The third-order valence-electron chi connectivity index (χ3n) is 3.32. The van der Waals surface area contributed by atoms with E-state index in [4.69, 9.17) is 0 Å². The van der Waals surface area contributed by atoms with Gasteiger partial charge < -0.3 is 4.57 Å². The average Bonchev–Trinajstić information content (AvgIpc) is 2.72. The van der Waals surface area contributed by atoms with Crippen molar-refractivity contribution < 1.29 is 0 Å². The molecule has 3 rings (SSSR count). The second-order valence-electron chi connectivity index (χ2n) is 4.40. The SMILES string of the molecule is Cn1ccc2cc(C3C=CC=CC3)ccc21. The molecule has 1 aliphatic rings. The Balaban J connectivity index is 2.05. The van der Waals surface area contributed by atoms with Crippen molar-refractivity contribution in [2.75, 3.05) is 0 Å². The van der Waals surface area contributed by atoms with Gasteiger partial charge in [0.25, 0.3) is 0 Å². The first-order valence-electron chi connectivity index (χ1n) is 5.73. The van der Waals surface area contributed by atoms with E-state index < -0.39 is 0 Å². The Morgan fingerprint density at radius 2 is 2.12 bits per heavy atom. The molecule has 1 nitrogen and oxygen atoms in total. The molecule has 1 aliphatic carbocycles. The number of aromatic nitrogens is 1. The maximum atomic E-state index is 2.31. The Kier molecular flexibility index (Phi) is 2.17. The van der Waals surface area contributed by atoms with Crippen LogP contribution < -0.4 is 0 Å². The summed E-state index contributed by atoms with van der Waals surface area (Å²) in [6, 6.07) is 8.96. The van der Waals surface area contributed by atoms with Gasteiger partial charge in [-0.1, -0.05) is 30.4 Å². The van der Waals surface area contributed by atoms with Crippen LogP contribution in [0.1, 0.15) is 17.9 Å². The van der Waals surface area contributed by atoms with Crippen molar-refractivity contribution in [1.82, 2.24) is 4.57 Å². The maximum Gasteiger partial charge on any atom is 0.0477 e. The number of hydrogen-bond donors (Lipinski definition) is 0. The normalized spacial score (nSPS) is 19.4. The van der Waals surface area contributed by atoms with E-state index in [0.29, 0.717) is 5.92 Å². The second-order valence-corrected chi connectivity index (χ2v) is 4.40. The van der Waals surface area contributed by atoms with Gasteiger partial charge in [0.2, 0.25) is 0 Å². The quantitative estimate of drug-likeness (QED) is 0.673. The summed E-state index contributed by atoms with van der Waals surface area (Å²) in [6.07, 6.45) is 12.0. The lowest BCUT2D eigenvalue weighted by molar-refractivity contribution is 0.855. The van der Waals surface area contributed by atoms with E-state index >= 15 is 0 Å². The summed E-state index contributed by atoms with van der Waals surface area (Å²) in [5.74, 6) is 0.551. The third-order valence-corrected chi connectivity index (χ3v) is 3.32. The van der Waals surface area contributed by atoms with Crippen LogP contribution >= 0.6 is 0 Å². The van der Waals surface area contributed by atoms with Gasteiger partial charge in [0.1, 0.15) is 0 Å². The Bertz CT molecular complexity index is 572. The highest BCUT2D eigenvalue weighted by molar-refractivity contribution is 5.81. The maximum absolute atomic E-state index is 2.31. The highest BCUT2D eigenvalue weighted by Gasteiger charge is 2.09. The van der Waals surface area contributed by atoms with Gasteiger partial charge in [-0.05, 0) is 35.6 Å². The molecule has 0 aliphatic heterocycles. The van der Waals surface area contributed by atoms with Crippen molar-refractivity contribution >= 4 is 10.9 Å². The fourth-order valence-corrected chi connectivity index (χ4v) is 2.36.